The molecule has 8 bridgehead atoms. The third kappa shape index (κ3) is 9.38. The molecule has 5 N–H and O–H groups in total. The van der Waals surface area contributed by atoms with Crippen LogP contribution in [0.15, 0.2) is 60.7 Å². The van der Waals surface area contributed by atoms with E-state index >= 15 is 0 Å². The fourth-order valence-electron chi connectivity index (χ4n) is 5.76. The third-order valence-corrected chi connectivity index (χ3v) is 9.52. The van der Waals surface area contributed by atoms with Crippen LogP contribution >= 0.6 is 15.2 Å². The van der Waals surface area contributed by atoms with Crippen LogP contribution in [0.5, 0.6) is 5.75 Å². The Kier molecular flexibility index (Phi) is 11.0. The normalized spacial score (nSPS) is 15.2. The molecule has 3 aromatic heterocycles. The molecular weight excluding hydrogens is 724 g/mol. The van der Waals surface area contributed by atoms with E-state index in [1.807, 2.05) is 48.5 Å². The smallest absolute Gasteiger partial charge is 0.779 e. The Balaban J connectivity index is 0.00000468. The number of carboxylic acid groups (broad SMARTS) is 1. The maximum Gasteiger partial charge on any atom is 2.00 e. The summed E-state index contributed by atoms with van der Waals surface area (Å²) in [4.78, 5) is 69.9. The van der Waals surface area contributed by atoms with E-state index in [4.69, 9.17) is 19.8 Å². The van der Waals surface area contributed by atoms with Gasteiger partial charge in [0.25, 0.3) is 0 Å². The summed E-state index contributed by atoms with van der Waals surface area (Å²) >= 11 is 0. The predicted molar refractivity (Wildman–Crippen MR) is 179 cm³/mol. The Bertz CT molecular complexity index is 2080. The summed E-state index contributed by atoms with van der Waals surface area (Å²) in [5.41, 5.74) is 7.23. The molecule has 248 valence electrons. The number of nitrogens with one attached hydrogen (secondary N) is 2. The first-order chi connectivity index (χ1) is 22.8. The first-order valence-electron chi connectivity index (χ1n) is 14.9. The molecule has 0 spiro atoms. The molecule has 2 aliphatic rings. The summed E-state index contributed by atoms with van der Waals surface area (Å²) < 4.78 is 28.8. The largest absolute Gasteiger partial charge is 2.00 e. The van der Waals surface area contributed by atoms with Gasteiger partial charge in [0.15, 0.2) is 6.61 Å². The Hall–Kier alpha value is -3.99. The van der Waals surface area contributed by atoms with Crippen LogP contribution in [0.2, 0.25) is 0 Å². The number of fused-ring (bicyclic) bond motifs is 8. The van der Waals surface area contributed by atoms with Gasteiger partial charge in [0.2, 0.25) is 0 Å². The quantitative estimate of drug-likeness (QED) is 0.0898. The summed E-state index contributed by atoms with van der Waals surface area (Å²) in [6.07, 6.45) is 5.60. The number of carboxylic acids is 1. The number of ether oxygens (including phenoxy) is 1. The Morgan fingerprint density at radius 1 is 0.776 bits per heavy atom. The van der Waals surface area contributed by atoms with Gasteiger partial charge in [-0.25, -0.2) is 14.8 Å². The third-order valence-electron chi connectivity index (χ3n) is 7.87. The topological polar surface area (TPSA) is 225 Å². The number of benzene rings is 1. The number of hydrogen-bond acceptors (Lipinski definition) is 8. The molecular formula is C33H30N4O9P2Zn. The average molecular weight is 754 g/mol. The average Bonchev–Trinajstić information content (AvgIpc) is 3.83. The van der Waals surface area contributed by atoms with Crippen LogP contribution in [0.1, 0.15) is 47.1 Å². The first kappa shape index (κ1) is 36.3. The number of aromatic nitrogens is 4. The van der Waals surface area contributed by atoms with Crippen molar-refractivity contribution in [1.82, 2.24) is 19.9 Å². The molecule has 2 aliphatic heterocycles. The van der Waals surface area contributed by atoms with Gasteiger partial charge in [-0.1, -0.05) is 12.1 Å². The zero-order valence-electron chi connectivity index (χ0n) is 26.0. The molecule has 0 aliphatic carbocycles. The SMILES string of the molecule is O=C(O)COc1ccc(-c2c3ccc(cc4nc(c(C(CCP(=O)([O-])O)CCP(=O)([O-])O)c5nc(cc6ccc2[nH]6)C=C5)C=C4)[nH]3)cc1.[Zn+2]. The molecule has 2 atom stereocenters. The van der Waals surface area contributed by atoms with Crippen LogP contribution in [0, 0.1) is 0 Å². The Labute approximate surface area is 292 Å². The second kappa shape index (κ2) is 14.9. The minimum absolute atomic E-state index is 0. The van der Waals surface area contributed by atoms with Crippen LogP contribution in [0.4, 0.5) is 0 Å². The van der Waals surface area contributed by atoms with Crippen LogP contribution in [-0.4, -0.2) is 59.7 Å². The number of aliphatic carboxylic acids is 1. The van der Waals surface area contributed by atoms with Gasteiger partial charge in [-0.3, -0.25) is 0 Å². The van der Waals surface area contributed by atoms with Gasteiger partial charge in [-0.05, 0) is 97.2 Å². The molecule has 16 heteroatoms. The molecule has 0 fully saturated rings. The van der Waals surface area contributed by atoms with Crippen LogP contribution in [0.3, 0.4) is 0 Å². The maximum absolute atomic E-state index is 11.7. The number of H-pyrrole nitrogens is 2. The minimum Gasteiger partial charge on any atom is -0.779 e. The summed E-state index contributed by atoms with van der Waals surface area (Å²) in [5.74, 6) is -1.38. The van der Waals surface area contributed by atoms with Crippen molar-refractivity contribution in [1.29, 1.82) is 0 Å². The molecule has 5 heterocycles. The summed E-state index contributed by atoms with van der Waals surface area (Å²) in [5, 5.41) is 8.95. The van der Waals surface area contributed by atoms with Gasteiger partial charge in [-0.2, -0.15) is 0 Å². The van der Waals surface area contributed by atoms with Crippen molar-refractivity contribution < 1.29 is 62.8 Å². The number of nitrogens with zero attached hydrogens (tertiary/aromatic N) is 2. The molecule has 0 saturated carbocycles. The van der Waals surface area contributed by atoms with E-state index in [-0.39, 0.29) is 32.3 Å². The molecule has 1 aromatic carbocycles. The molecule has 13 nitrogen and oxygen atoms in total. The monoisotopic (exact) mass is 752 g/mol. The van der Waals surface area contributed by atoms with Gasteiger partial charge >= 0.3 is 25.4 Å². The molecule has 49 heavy (non-hydrogen) atoms. The van der Waals surface area contributed by atoms with Gasteiger partial charge < -0.3 is 48.5 Å². The fraction of sp³-hybridized carbons (Fsp3) is 0.182. The van der Waals surface area contributed by atoms with E-state index in [1.165, 1.54) is 0 Å². The van der Waals surface area contributed by atoms with E-state index in [0.29, 0.717) is 34.1 Å². The fourth-order valence-corrected chi connectivity index (χ4v) is 7.03. The zero-order valence-corrected chi connectivity index (χ0v) is 30.7. The van der Waals surface area contributed by atoms with Gasteiger partial charge in [0, 0.05) is 45.5 Å². The molecule has 6 rings (SSSR count). The van der Waals surface area contributed by atoms with Crippen molar-refractivity contribution in [2.45, 2.75) is 18.8 Å². The molecule has 2 unspecified atom stereocenters. The number of rotatable bonds is 11. The van der Waals surface area contributed by atoms with Crippen molar-refractivity contribution in [3.05, 3.63) is 89.0 Å². The van der Waals surface area contributed by atoms with E-state index in [2.05, 4.69) is 9.97 Å². The maximum atomic E-state index is 11.7. The van der Waals surface area contributed by atoms with Crippen molar-refractivity contribution in [2.24, 2.45) is 0 Å². The van der Waals surface area contributed by atoms with E-state index < -0.39 is 46.0 Å². The standard InChI is InChI=1S/C33H32N4O9P2.Zn/c38-31(39)19-46-26-7-1-20(2-8-26)32-27-9-3-22(34-27)17-24-5-11-29(36-24)33(21(13-15-47(40,41)42)14-16-48(43,44)45)30-12-6-25(37-30)18-23-4-10-28(32)35-23;/h1-12,17-18,21,34-35H,13-16,19H2,(H,38,39)(H2,40,41,42)(H2,43,44,45);/q;+2/p-2. The van der Waals surface area contributed by atoms with Crippen molar-refractivity contribution in [3.63, 3.8) is 0 Å². The Morgan fingerprint density at radius 3 is 1.71 bits per heavy atom. The van der Waals surface area contributed by atoms with Crippen molar-refractivity contribution in [3.8, 4) is 16.9 Å². The van der Waals surface area contributed by atoms with Gasteiger partial charge in [-0.15, -0.1) is 0 Å². The van der Waals surface area contributed by atoms with Gasteiger partial charge in [0.1, 0.15) is 20.9 Å². The molecule has 4 aromatic rings. The summed E-state index contributed by atoms with van der Waals surface area (Å²) in [6.45, 7) is -0.452. The van der Waals surface area contributed by atoms with E-state index in [0.717, 1.165) is 33.2 Å². The van der Waals surface area contributed by atoms with Crippen LogP contribution in [-0.2, 0) is 33.4 Å². The second-order valence-corrected chi connectivity index (χ2v) is 14.9. The van der Waals surface area contributed by atoms with Crippen LogP contribution in [0.25, 0.3) is 57.5 Å². The summed E-state index contributed by atoms with van der Waals surface area (Å²) in [6, 6.07) is 18.4. The molecule has 0 saturated heterocycles. The van der Waals surface area contributed by atoms with E-state index in [9.17, 15) is 33.5 Å². The van der Waals surface area contributed by atoms with Crippen LogP contribution < -0.4 is 14.5 Å². The molecule has 0 radical (unpaired) electrons. The predicted octanol–water partition coefficient (Wildman–Crippen LogP) is 4.74. The van der Waals surface area contributed by atoms with Gasteiger partial charge in [0.05, 0.1) is 22.8 Å². The van der Waals surface area contributed by atoms with Crippen molar-refractivity contribution in [2.75, 3.05) is 18.9 Å². The number of aromatic amines is 2. The number of carbonyl (C=O) groups is 1. The first-order valence-corrected chi connectivity index (χ1v) is 18.4. The Morgan fingerprint density at radius 2 is 1.27 bits per heavy atom. The summed E-state index contributed by atoms with van der Waals surface area (Å²) in [7, 11) is -9.35. The van der Waals surface area contributed by atoms with Crippen molar-refractivity contribution >= 4 is 67.5 Å². The minimum atomic E-state index is -4.67. The zero-order chi connectivity index (χ0) is 34.1. The number of hydrogen-bond donors (Lipinski definition) is 5. The van der Waals surface area contributed by atoms with E-state index in [1.54, 1.807) is 36.4 Å². The molecule has 0 amide bonds. The second-order valence-electron chi connectivity index (χ2n) is 11.4.